The second kappa shape index (κ2) is 6.62. The molecule has 21 heavy (non-hydrogen) atoms. The molecule has 2 rings (SSSR count). The van der Waals surface area contributed by atoms with Crippen LogP contribution in [-0.2, 0) is 14.3 Å². The summed E-state index contributed by atoms with van der Waals surface area (Å²) in [5, 5.41) is 2.17. The van der Waals surface area contributed by atoms with Crippen LogP contribution in [0.15, 0.2) is 17.6 Å². The highest BCUT2D eigenvalue weighted by atomic mass is 16.5. The van der Waals surface area contributed by atoms with Gasteiger partial charge in [0.15, 0.2) is 5.92 Å². The first-order chi connectivity index (χ1) is 10.0. The summed E-state index contributed by atoms with van der Waals surface area (Å²) in [6.45, 7) is 6.34. The molecule has 2 heterocycles. The van der Waals surface area contributed by atoms with Crippen LogP contribution in [0.5, 0.6) is 0 Å². The van der Waals surface area contributed by atoms with Crippen molar-refractivity contribution in [3.63, 3.8) is 0 Å². The Morgan fingerprint density at radius 2 is 2.29 bits per heavy atom. The third-order valence-electron chi connectivity index (χ3n) is 3.55. The predicted octanol–water partition coefficient (Wildman–Crippen LogP) is 0.507. The second-order valence-corrected chi connectivity index (χ2v) is 5.08. The van der Waals surface area contributed by atoms with Crippen molar-refractivity contribution in [1.82, 2.24) is 10.2 Å². The zero-order valence-corrected chi connectivity index (χ0v) is 12.0. The standard InChI is InChI=1S/C14H19N3O4/c1-3-6-17-13(19)11(12(18)16-14(17)20)9(2)15-8-10-5-4-7-21-10/h3,10-11H,1,4-8H2,2H3,(H,16,18,20)/t10-,11?/m0/s1. The maximum Gasteiger partial charge on any atom is 0.331 e. The topological polar surface area (TPSA) is 88.1 Å². The van der Waals surface area contributed by atoms with E-state index in [0.717, 1.165) is 24.3 Å². The monoisotopic (exact) mass is 293 g/mol. The van der Waals surface area contributed by atoms with E-state index in [9.17, 15) is 14.4 Å². The van der Waals surface area contributed by atoms with Gasteiger partial charge in [0.1, 0.15) is 0 Å². The highest BCUT2D eigenvalue weighted by Gasteiger charge is 2.41. The number of carbonyl (C=O) groups is 3. The van der Waals surface area contributed by atoms with E-state index in [-0.39, 0.29) is 12.6 Å². The van der Waals surface area contributed by atoms with Crippen LogP contribution >= 0.6 is 0 Å². The number of amides is 4. The van der Waals surface area contributed by atoms with E-state index < -0.39 is 23.8 Å². The molecule has 0 aromatic heterocycles. The Bertz CT molecular complexity index is 494. The van der Waals surface area contributed by atoms with Gasteiger partial charge >= 0.3 is 6.03 Å². The lowest BCUT2D eigenvalue weighted by atomic mass is 9.99. The van der Waals surface area contributed by atoms with Crippen molar-refractivity contribution in [2.24, 2.45) is 10.9 Å². The first kappa shape index (κ1) is 15.4. The van der Waals surface area contributed by atoms with E-state index in [1.54, 1.807) is 6.92 Å². The number of hydrogen-bond donors (Lipinski definition) is 1. The van der Waals surface area contributed by atoms with E-state index in [1.165, 1.54) is 6.08 Å². The normalized spacial score (nSPS) is 27.0. The maximum atomic E-state index is 12.3. The number of nitrogens with one attached hydrogen (secondary N) is 1. The van der Waals surface area contributed by atoms with Crippen molar-refractivity contribution < 1.29 is 19.1 Å². The van der Waals surface area contributed by atoms with E-state index in [2.05, 4.69) is 16.9 Å². The number of nitrogens with zero attached hydrogens (tertiary/aromatic N) is 2. The molecule has 4 amide bonds. The predicted molar refractivity (Wildman–Crippen MR) is 75.9 cm³/mol. The molecule has 2 aliphatic rings. The Morgan fingerprint density at radius 3 is 2.90 bits per heavy atom. The zero-order chi connectivity index (χ0) is 15.4. The molecule has 0 bridgehead atoms. The summed E-state index contributed by atoms with van der Waals surface area (Å²) in [5.41, 5.74) is 0.398. The summed E-state index contributed by atoms with van der Waals surface area (Å²) < 4.78 is 5.45. The van der Waals surface area contributed by atoms with E-state index in [0.29, 0.717) is 12.3 Å². The molecule has 1 unspecified atom stereocenters. The Labute approximate surface area is 123 Å². The fourth-order valence-electron chi connectivity index (χ4n) is 2.41. The Hall–Kier alpha value is -2.02. The van der Waals surface area contributed by atoms with Gasteiger partial charge in [0.05, 0.1) is 12.6 Å². The van der Waals surface area contributed by atoms with Crippen LogP contribution in [0.1, 0.15) is 19.8 Å². The van der Waals surface area contributed by atoms with Crippen LogP contribution in [0.2, 0.25) is 0 Å². The molecular formula is C14H19N3O4. The molecule has 7 heteroatoms. The Morgan fingerprint density at radius 1 is 1.52 bits per heavy atom. The summed E-state index contributed by atoms with van der Waals surface area (Å²) >= 11 is 0. The summed E-state index contributed by atoms with van der Waals surface area (Å²) in [6, 6.07) is -0.715. The first-order valence-electron chi connectivity index (χ1n) is 6.94. The van der Waals surface area contributed by atoms with Gasteiger partial charge in [0, 0.05) is 18.9 Å². The summed E-state index contributed by atoms with van der Waals surface area (Å²) in [6.07, 6.45) is 3.42. The second-order valence-electron chi connectivity index (χ2n) is 5.08. The van der Waals surface area contributed by atoms with Gasteiger partial charge in [0.25, 0.3) is 0 Å². The van der Waals surface area contributed by atoms with Gasteiger partial charge in [-0.15, -0.1) is 6.58 Å². The van der Waals surface area contributed by atoms with Crippen molar-refractivity contribution >= 4 is 23.6 Å². The van der Waals surface area contributed by atoms with Crippen LogP contribution in [0.3, 0.4) is 0 Å². The number of urea groups is 1. The zero-order valence-electron chi connectivity index (χ0n) is 12.0. The lowest BCUT2D eigenvalue weighted by Gasteiger charge is -2.29. The summed E-state index contributed by atoms with van der Waals surface area (Å²) in [7, 11) is 0. The fraction of sp³-hybridized carbons (Fsp3) is 0.571. The van der Waals surface area contributed by atoms with Gasteiger partial charge in [0.2, 0.25) is 11.8 Å². The minimum absolute atomic E-state index is 0.0487. The summed E-state index contributed by atoms with van der Waals surface area (Å²) in [5.74, 6) is -2.24. The number of barbiturate groups is 1. The molecule has 2 aliphatic heterocycles. The fourth-order valence-corrected chi connectivity index (χ4v) is 2.41. The van der Waals surface area contributed by atoms with E-state index >= 15 is 0 Å². The van der Waals surface area contributed by atoms with Crippen LogP contribution in [-0.4, -0.2) is 54.3 Å². The molecular weight excluding hydrogens is 274 g/mol. The van der Waals surface area contributed by atoms with Crippen LogP contribution in [0, 0.1) is 5.92 Å². The number of ether oxygens (including phenoxy) is 1. The lowest BCUT2D eigenvalue weighted by Crippen LogP contribution is -2.59. The molecule has 0 aromatic carbocycles. The van der Waals surface area contributed by atoms with Crippen molar-refractivity contribution in [2.45, 2.75) is 25.9 Å². The van der Waals surface area contributed by atoms with Gasteiger partial charge in [-0.1, -0.05) is 6.08 Å². The largest absolute Gasteiger partial charge is 0.376 e. The molecule has 2 fully saturated rings. The van der Waals surface area contributed by atoms with Crippen molar-refractivity contribution in [1.29, 1.82) is 0 Å². The van der Waals surface area contributed by atoms with E-state index in [1.807, 2.05) is 0 Å². The number of rotatable bonds is 5. The van der Waals surface area contributed by atoms with Gasteiger partial charge in [-0.3, -0.25) is 24.8 Å². The quantitative estimate of drug-likeness (QED) is 0.454. The van der Waals surface area contributed by atoms with Gasteiger partial charge in [-0.05, 0) is 19.8 Å². The Kier molecular flexibility index (Phi) is 4.85. The molecule has 2 saturated heterocycles. The highest BCUT2D eigenvalue weighted by Crippen LogP contribution is 2.15. The molecule has 0 radical (unpaired) electrons. The summed E-state index contributed by atoms with van der Waals surface area (Å²) in [4.78, 5) is 41.0. The third kappa shape index (κ3) is 3.36. The molecule has 0 spiro atoms. The van der Waals surface area contributed by atoms with Gasteiger partial charge in [-0.2, -0.15) is 0 Å². The van der Waals surface area contributed by atoms with Crippen molar-refractivity contribution in [3.05, 3.63) is 12.7 Å². The molecule has 0 saturated carbocycles. The van der Waals surface area contributed by atoms with Crippen molar-refractivity contribution in [3.8, 4) is 0 Å². The van der Waals surface area contributed by atoms with Crippen LogP contribution < -0.4 is 5.32 Å². The number of carbonyl (C=O) groups excluding carboxylic acids is 3. The smallest absolute Gasteiger partial charge is 0.331 e. The highest BCUT2D eigenvalue weighted by molar-refractivity contribution is 6.27. The molecule has 0 aromatic rings. The molecule has 0 aliphatic carbocycles. The van der Waals surface area contributed by atoms with E-state index in [4.69, 9.17) is 4.74 Å². The minimum Gasteiger partial charge on any atom is -0.376 e. The Balaban J connectivity index is 2.09. The molecule has 1 N–H and O–H groups in total. The van der Waals surface area contributed by atoms with Gasteiger partial charge < -0.3 is 4.74 Å². The molecule has 2 atom stereocenters. The van der Waals surface area contributed by atoms with Crippen LogP contribution in [0.4, 0.5) is 4.79 Å². The lowest BCUT2D eigenvalue weighted by molar-refractivity contribution is -0.139. The SMILES string of the molecule is C=CCN1C(=O)NC(=O)C(C(C)=NC[C@@H]2CCCO2)C1=O. The molecule has 7 nitrogen and oxygen atoms in total. The number of aliphatic imine (C=N–C) groups is 1. The van der Waals surface area contributed by atoms with Gasteiger partial charge in [-0.25, -0.2) is 4.79 Å². The number of imide groups is 2. The maximum absolute atomic E-state index is 12.3. The van der Waals surface area contributed by atoms with Crippen molar-refractivity contribution in [2.75, 3.05) is 19.7 Å². The third-order valence-corrected chi connectivity index (χ3v) is 3.55. The number of hydrogen-bond acceptors (Lipinski definition) is 5. The average molecular weight is 293 g/mol. The first-order valence-corrected chi connectivity index (χ1v) is 6.94. The molecule has 114 valence electrons. The minimum atomic E-state index is -1.05. The average Bonchev–Trinajstić information content (AvgIpc) is 2.94. The van der Waals surface area contributed by atoms with Crippen LogP contribution in [0.25, 0.3) is 0 Å².